The second kappa shape index (κ2) is 5.39. The molecule has 0 saturated carbocycles. The molecule has 0 fully saturated rings. The summed E-state index contributed by atoms with van der Waals surface area (Å²) >= 11 is 0. The van der Waals surface area contributed by atoms with E-state index in [0.29, 0.717) is 0 Å². The van der Waals surface area contributed by atoms with E-state index in [2.05, 4.69) is 0 Å². The molecule has 1 N–H and O–H groups in total. The highest BCUT2D eigenvalue weighted by atomic mass is 19.1. The van der Waals surface area contributed by atoms with E-state index in [9.17, 15) is 13.9 Å². The normalized spacial score (nSPS) is 14.9. The first-order valence-corrected chi connectivity index (χ1v) is 5.61. The molecule has 3 heteroatoms. The van der Waals surface area contributed by atoms with E-state index in [1.165, 1.54) is 6.92 Å². The van der Waals surface area contributed by atoms with Gasteiger partial charge >= 0.3 is 0 Å². The predicted molar refractivity (Wildman–Crippen MR) is 60.1 cm³/mol. The third kappa shape index (κ3) is 2.79. The lowest BCUT2D eigenvalue weighted by Crippen LogP contribution is -2.11. The number of halogens is 2. The number of aliphatic hydroxyl groups is 1. The van der Waals surface area contributed by atoms with Crippen molar-refractivity contribution in [3.63, 3.8) is 0 Å². The van der Waals surface area contributed by atoms with Crippen LogP contribution in [0.25, 0.3) is 0 Å². The molecule has 0 heterocycles. The minimum absolute atomic E-state index is 0.0593. The molecular weight excluding hydrogens is 210 g/mol. The van der Waals surface area contributed by atoms with Crippen LogP contribution in [0.2, 0.25) is 0 Å². The van der Waals surface area contributed by atoms with Gasteiger partial charge in [-0.05, 0) is 37.0 Å². The van der Waals surface area contributed by atoms with E-state index in [1.54, 1.807) is 0 Å². The third-order valence-corrected chi connectivity index (χ3v) is 2.88. The van der Waals surface area contributed by atoms with Gasteiger partial charge < -0.3 is 5.11 Å². The van der Waals surface area contributed by atoms with Crippen molar-refractivity contribution in [2.24, 2.45) is 5.92 Å². The number of aliphatic hydroxyl groups excluding tert-OH is 1. The van der Waals surface area contributed by atoms with E-state index in [0.717, 1.165) is 25.0 Å². The molecule has 1 nitrogen and oxygen atoms in total. The van der Waals surface area contributed by atoms with Gasteiger partial charge in [-0.25, -0.2) is 8.78 Å². The fraction of sp³-hybridized carbons (Fsp3) is 0.538. The van der Waals surface area contributed by atoms with Crippen LogP contribution in [-0.4, -0.2) is 5.11 Å². The van der Waals surface area contributed by atoms with Gasteiger partial charge in [-0.15, -0.1) is 0 Å². The predicted octanol–water partition coefficient (Wildman–Crippen LogP) is 3.74. The summed E-state index contributed by atoms with van der Waals surface area (Å²) < 4.78 is 26.8. The Labute approximate surface area is 95.1 Å². The molecule has 0 aliphatic heterocycles. The summed E-state index contributed by atoms with van der Waals surface area (Å²) in [5, 5.41) is 9.91. The lowest BCUT2D eigenvalue weighted by atomic mass is 9.92. The topological polar surface area (TPSA) is 20.2 Å². The highest BCUT2D eigenvalue weighted by Gasteiger charge is 2.20. The number of hydrogen-bond donors (Lipinski definition) is 1. The maximum absolute atomic E-state index is 13.6. The summed E-state index contributed by atoms with van der Waals surface area (Å²) in [7, 11) is 0. The van der Waals surface area contributed by atoms with Crippen molar-refractivity contribution < 1.29 is 13.9 Å². The van der Waals surface area contributed by atoms with Crippen molar-refractivity contribution in [2.75, 3.05) is 0 Å². The third-order valence-electron chi connectivity index (χ3n) is 2.88. The second-order valence-corrected chi connectivity index (χ2v) is 4.33. The molecule has 0 aromatic heterocycles. The highest BCUT2D eigenvalue weighted by molar-refractivity contribution is 5.27. The van der Waals surface area contributed by atoms with Crippen molar-refractivity contribution in [3.05, 3.63) is 34.9 Å². The van der Waals surface area contributed by atoms with E-state index in [4.69, 9.17) is 0 Å². The Balaban J connectivity index is 2.99. The zero-order chi connectivity index (χ0) is 12.3. The van der Waals surface area contributed by atoms with Crippen LogP contribution in [0.5, 0.6) is 0 Å². The van der Waals surface area contributed by atoms with Crippen LogP contribution >= 0.6 is 0 Å². The molecule has 16 heavy (non-hydrogen) atoms. The van der Waals surface area contributed by atoms with Crippen LogP contribution in [0.15, 0.2) is 12.1 Å². The fourth-order valence-electron chi connectivity index (χ4n) is 1.81. The maximum Gasteiger partial charge on any atom is 0.129 e. The lowest BCUT2D eigenvalue weighted by molar-refractivity contribution is 0.108. The van der Waals surface area contributed by atoms with Crippen LogP contribution in [-0.2, 0) is 0 Å². The summed E-state index contributed by atoms with van der Waals surface area (Å²) in [6.07, 6.45) is 0.764. The number of rotatable bonds is 4. The Morgan fingerprint density at radius 3 is 2.44 bits per heavy atom. The zero-order valence-electron chi connectivity index (χ0n) is 9.93. The zero-order valence-corrected chi connectivity index (χ0v) is 9.93. The van der Waals surface area contributed by atoms with Crippen molar-refractivity contribution in [3.8, 4) is 0 Å². The monoisotopic (exact) mass is 228 g/mol. The molecule has 1 aromatic rings. The molecule has 1 rings (SSSR count). The van der Waals surface area contributed by atoms with Crippen LogP contribution in [0.4, 0.5) is 8.78 Å². The van der Waals surface area contributed by atoms with Crippen LogP contribution in [0, 0.1) is 24.5 Å². The average molecular weight is 228 g/mol. The Bertz CT molecular complexity index is 363. The van der Waals surface area contributed by atoms with Gasteiger partial charge in [-0.1, -0.05) is 20.3 Å². The first kappa shape index (κ1) is 13.1. The Hall–Kier alpha value is -0.960. The Morgan fingerprint density at radius 1 is 1.25 bits per heavy atom. The van der Waals surface area contributed by atoms with Crippen molar-refractivity contribution in [1.82, 2.24) is 0 Å². The van der Waals surface area contributed by atoms with Gasteiger partial charge in [0, 0.05) is 5.56 Å². The number of aryl methyl sites for hydroxylation is 1. The summed E-state index contributed by atoms with van der Waals surface area (Å²) in [5.41, 5.74) is 0.320. The molecule has 0 radical (unpaired) electrons. The van der Waals surface area contributed by atoms with Crippen molar-refractivity contribution in [1.29, 1.82) is 0 Å². The molecule has 2 atom stereocenters. The molecular formula is C13H18F2O. The van der Waals surface area contributed by atoms with Crippen LogP contribution < -0.4 is 0 Å². The molecule has 1 aromatic carbocycles. The van der Waals surface area contributed by atoms with Gasteiger partial charge in [0.25, 0.3) is 0 Å². The second-order valence-electron chi connectivity index (χ2n) is 4.33. The average Bonchev–Trinajstić information content (AvgIpc) is 2.23. The SMILES string of the molecule is CCCC(C)C(O)c1cc(F)c(C)cc1F. The van der Waals surface area contributed by atoms with Crippen molar-refractivity contribution in [2.45, 2.75) is 39.7 Å². The maximum atomic E-state index is 13.6. The Kier molecular flexibility index (Phi) is 4.42. The first-order valence-electron chi connectivity index (χ1n) is 5.61. The molecule has 2 unspecified atom stereocenters. The van der Waals surface area contributed by atoms with Crippen LogP contribution in [0.3, 0.4) is 0 Å². The van der Waals surface area contributed by atoms with Crippen LogP contribution in [0.1, 0.15) is 43.9 Å². The molecule has 0 spiro atoms. The standard InChI is InChI=1S/C13H18F2O/c1-4-5-8(2)13(16)10-7-11(14)9(3)6-12(10)15/h6-8,13,16H,4-5H2,1-3H3. The van der Waals surface area contributed by atoms with E-state index in [-0.39, 0.29) is 17.0 Å². The molecule has 0 aliphatic rings. The van der Waals surface area contributed by atoms with Gasteiger partial charge in [0.15, 0.2) is 0 Å². The smallest absolute Gasteiger partial charge is 0.129 e. The van der Waals surface area contributed by atoms with E-state index < -0.39 is 17.7 Å². The minimum atomic E-state index is -0.935. The minimum Gasteiger partial charge on any atom is -0.388 e. The first-order chi connectivity index (χ1) is 7.47. The lowest BCUT2D eigenvalue weighted by Gasteiger charge is -2.19. The quantitative estimate of drug-likeness (QED) is 0.832. The summed E-state index contributed by atoms with van der Waals surface area (Å²) in [6.45, 7) is 5.34. The van der Waals surface area contributed by atoms with E-state index >= 15 is 0 Å². The molecule has 0 aliphatic carbocycles. The van der Waals surface area contributed by atoms with Crippen molar-refractivity contribution >= 4 is 0 Å². The number of benzene rings is 1. The molecule has 0 bridgehead atoms. The summed E-state index contributed by atoms with van der Waals surface area (Å²) in [5.74, 6) is -1.07. The Morgan fingerprint density at radius 2 is 1.88 bits per heavy atom. The van der Waals surface area contributed by atoms with Gasteiger partial charge in [0.05, 0.1) is 6.10 Å². The molecule has 90 valence electrons. The van der Waals surface area contributed by atoms with Gasteiger partial charge in [0.1, 0.15) is 11.6 Å². The summed E-state index contributed by atoms with van der Waals surface area (Å²) in [4.78, 5) is 0. The fourth-order valence-corrected chi connectivity index (χ4v) is 1.81. The molecule has 0 amide bonds. The van der Waals surface area contributed by atoms with Gasteiger partial charge in [0.2, 0.25) is 0 Å². The molecule has 0 saturated heterocycles. The van der Waals surface area contributed by atoms with Gasteiger partial charge in [-0.3, -0.25) is 0 Å². The van der Waals surface area contributed by atoms with E-state index in [1.807, 2.05) is 13.8 Å². The van der Waals surface area contributed by atoms with Gasteiger partial charge in [-0.2, -0.15) is 0 Å². The largest absolute Gasteiger partial charge is 0.388 e. The number of hydrogen-bond acceptors (Lipinski definition) is 1. The summed E-state index contributed by atoms with van der Waals surface area (Å²) in [6, 6.07) is 2.23. The highest BCUT2D eigenvalue weighted by Crippen LogP contribution is 2.28.